The van der Waals surface area contributed by atoms with Crippen LogP contribution in [0, 0.1) is 0 Å². The van der Waals surface area contributed by atoms with Crippen molar-refractivity contribution in [2.24, 2.45) is 0 Å². The van der Waals surface area contributed by atoms with Gasteiger partial charge in [0.1, 0.15) is 11.2 Å². The summed E-state index contributed by atoms with van der Waals surface area (Å²) in [6, 6.07) is 3.17. The van der Waals surface area contributed by atoms with Gasteiger partial charge in [-0.1, -0.05) is 0 Å². The molecular weight excluding hydrogens is 427 g/mol. The van der Waals surface area contributed by atoms with Crippen LogP contribution in [0.15, 0.2) is 16.6 Å². The van der Waals surface area contributed by atoms with E-state index in [2.05, 4.69) is 15.9 Å². The minimum absolute atomic E-state index is 0. The Balaban J connectivity index is 0. The summed E-state index contributed by atoms with van der Waals surface area (Å²) in [5, 5.41) is 8.25. The van der Waals surface area contributed by atoms with Crippen LogP contribution in [0.25, 0.3) is 0 Å². The molecule has 148 valence electrons. The molecule has 27 heavy (non-hydrogen) atoms. The number of esters is 2. The number of carbonyl (C=O) groups excluding carboxylic acids is 2. The van der Waals surface area contributed by atoms with Crippen LogP contribution in [0.2, 0.25) is 0 Å². The Labute approximate surface area is 192 Å². The quantitative estimate of drug-likeness (QED) is 0.486. The van der Waals surface area contributed by atoms with Gasteiger partial charge in [-0.25, -0.2) is 9.59 Å². The van der Waals surface area contributed by atoms with Gasteiger partial charge in [0.25, 0.3) is 0 Å². The van der Waals surface area contributed by atoms with E-state index in [0.29, 0.717) is 21.2 Å². The van der Waals surface area contributed by atoms with Crippen LogP contribution in [0.1, 0.15) is 67.8 Å². The van der Waals surface area contributed by atoms with Gasteiger partial charge in [-0.2, -0.15) is 7.11 Å². The molecule has 0 amide bonds. The number of rotatable bonds is 4. The summed E-state index contributed by atoms with van der Waals surface area (Å²) < 4.78 is 16.4. The van der Waals surface area contributed by atoms with Crippen molar-refractivity contribution >= 4 is 27.9 Å². The molecule has 6 nitrogen and oxygen atoms in total. The summed E-state index contributed by atoms with van der Waals surface area (Å²) in [6.07, 6.45) is 0. The molecule has 8 heteroatoms. The van der Waals surface area contributed by atoms with E-state index in [1.807, 2.05) is 0 Å². The molecule has 0 aliphatic heterocycles. The average Bonchev–Trinajstić information content (AvgIpc) is 2.47. The van der Waals surface area contributed by atoms with E-state index in [-0.39, 0.29) is 36.2 Å². The van der Waals surface area contributed by atoms with Gasteiger partial charge < -0.3 is 19.3 Å². The number of carbonyl (C=O) groups is 2. The van der Waals surface area contributed by atoms with Crippen molar-refractivity contribution in [2.75, 3.05) is 14.2 Å². The minimum atomic E-state index is -0.613. The first-order valence-corrected chi connectivity index (χ1v) is 8.82. The van der Waals surface area contributed by atoms with Gasteiger partial charge in [-0.3, -0.25) is 0 Å². The molecule has 1 aromatic carbocycles. The second kappa shape index (κ2) is 12.2. The fourth-order valence-corrected chi connectivity index (χ4v) is 2.41. The van der Waals surface area contributed by atoms with Crippen LogP contribution < -0.4 is 34.7 Å². The first kappa shape index (κ1) is 28.8. The molecule has 0 aliphatic rings. The van der Waals surface area contributed by atoms with Gasteiger partial charge in [0.05, 0.1) is 17.7 Å². The minimum Gasteiger partial charge on any atom is -0.857 e. The van der Waals surface area contributed by atoms with Gasteiger partial charge in [0.2, 0.25) is 0 Å². The van der Waals surface area contributed by atoms with Crippen molar-refractivity contribution in [1.29, 1.82) is 0 Å². The van der Waals surface area contributed by atoms with Gasteiger partial charge in [-0.05, 0) is 75.2 Å². The van der Waals surface area contributed by atoms with E-state index in [1.165, 1.54) is 7.11 Å². The van der Waals surface area contributed by atoms with E-state index in [9.17, 15) is 9.59 Å². The molecule has 1 aromatic rings. The van der Waals surface area contributed by atoms with Crippen molar-refractivity contribution in [3.8, 4) is 0 Å². The van der Waals surface area contributed by atoms with E-state index in [1.54, 1.807) is 53.7 Å². The Morgan fingerprint density at radius 3 is 1.70 bits per heavy atom. The van der Waals surface area contributed by atoms with Crippen molar-refractivity contribution in [3.05, 3.63) is 33.3 Å². The zero-order valence-electron chi connectivity index (χ0n) is 17.7. The normalized spacial score (nSPS) is 10.9. The third-order valence-corrected chi connectivity index (χ3v) is 3.39. The Morgan fingerprint density at radius 2 is 1.33 bits per heavy atom. The molecule has 0 atom stereocenters. The number of hydrogen-bond donors (Lipinski definition) is 0. The smallest absolute Gasteiger partial charge is 0.857 e. The van der Waals surface area contributed by atoms with Gasteiger partial charge in [-0.15, -0.1) is 0 Å². The fraction of sp³-hybridized carbons (Fsp3) is 0.579. The number of hydrogen-bond acceptors (Lipinski definition) is 6. The zero-order chi connectivity index (χ0) is 20.7. The average molecular weight is 455 g/mol. The summed E-state index contributed by atoms with van der Waals surface area (Å²) in [6.45, 7) is 11.0. The molecule has 0 radical (unpaired) electrons. The topological polar surface area (TPSA) is 84.9 Å². The van der Waals surface area contributed by atoms with Crippen molar-refractivity contribution in [2.45, 2.75) is 59.4 Å². The van der Waals surface area contributed by atoms with E-state index in [0.717, 1.165) is 7.11 Å². The Kier molecular flexibility index (Phi) is 13.0. The van der Waals surface area contributed by atoms with E-state index >= 15 is 0 Å². The van der Waals surface area contributed by atoms with E-state index in [4.69, 9.17) is 19.3 Å². The van der Waals surface area contributed by atoms with Crippen LogP contribution in [0.5, 0.6) is 0 Å². The maximum atomic E-state index is 12.4. The second-order valence-corrected chi connectivity index (χ2v) is 8.28. The molecule has 0 saturated heterocycles. The Bertz CT molecular complexity index is 632. The maximum Gasteiger partial charge on any atom is 1.00 e. The first-order valence-electron chi connectivity index (χ1n) is 8.03. The van der Waals surface area contributed by atoms with Gasteiger partial charge >= 0.3 is 41.5 Å². The van der Waals surface area contributed by atoms with Gasteiger partial charge in [0, 0.05) is 11.6 Å². The third-order valence-electron chi connectivity index (χ3n) is 2.73. The molecule has 0 fully saturated rings. The third kappa shape index (κ3) is 10.6. The van der Waals surface area contributed by atoms with Crippen LogP contribution in [0.3, 0.4) is 0 Å². The van der Waals surface area contributed by atoms with Crippen LogP contribution >= 0.6 is 15.9 Å². The van der Waals surface area contributed by atoms with Gasteiger partial charge in [0.15, 0.2) is 0 Å². The number of benzene rings is 1. The predicted octanol–water partition coefficient (Wildman–Crippen LogP) is 0.487. The molecule has 0 saturated carbocycles. The molecule has 0 aliphatic carbocycles. The molecular formula is C19H28BrNaO6. The molecule has 0 unspecified atom stereocenters. The number of halogens is 1. The predicted molar refractivity (Wildman–Crippen MR) is 101 cm³/mol. The summed E-state index contributed by atoms with van der Waals surface area (Å²) in [7, 11) is 2.27. The van der Waals surface area contributed by atoms with Crippen molar-refractivity contribution in [3.63, 3.8) is 0 Å². The molecule has 1 rings (SSSR count). The largest absolute Gasteiger partial charge is 1.00 e. The van der Waals surface area contributed by atoms with Crippen molar-refractivity contribution in [1.82, 2.24) is 0 Å². The summed E-state index contributed by atoms with van der Waals surface area (Å²) in [4.78, 5) is 24.7. The van der Waals surface area contributed by atoms with Crippen molar-refractivity contribution < 1.29 is 58.5 Å². The molecule has 0 heterocycles. The SMILES string of the molecule is COCc1cc(C(=O)OC(C)(C)C)c(Br)cc1C(=O)OC(C)(C)C.C[O-].[Na+]. The molecule has 0 bridgehead atoms. The molecule has 0 spiro atoms. The summed E-state index contributed by atoms with van der Waals surface area (Å²) >= 11 is 3.34. The first-order chi connectivity index (χ1) is 11.8. The monoisotopic (exact) mass is 454 g/mol. The zero-order valence-corrected chi connectivity index (χ0v) is 21.3. The molecule has 0 N–H and O–H groups in total. The number of methoxy groups -OCH3 is 1. The number of ether oxygens (including phenoxy) is 3. The van der Waals surface area contributed by atoms with Crippen LogP contribution in [-0.4, -0.2) is 37.4 Å². The Morgan fingerprint density at radius 1 is 0.926 bits per heavy atom. The van der Waals surface area contributed by atoms with Crippen LogP contribution in [0.4, 0.5) is 0 Å². The standard InChI is InChI=1S/C18H25BrO5.CH3O.Na/c1-17(2,3)23-15(20)12-9-14(19)13(8-11(12)10-22-7)16(21)24-18(4,5)6;1-2;/h8-9H,10H2,1-7H3;1H3;/q;-1;+1. The van der Waals surface area contributed by atoms with Crippen LogP contribution in [-0.2, 0) is 20.8 Å². The van der Waals surface area contributed by atoms with E-state index < -0.39 is 23.1 Å². The summed E-state index contributed by atoms with van der Waals surface area (Å²) in [5.41, 5.74) is 0.0329. The fourth-order valence-electron chi connectivity index (χ4n) is 1.91. The maximum absolute atomic E-state index is 12.4. The Hall–Kier alpha value is -0.440. The second-order valence-electron chi connectivity index (χ2n) is 7.43. The summed E-state index contributed by atoms with van der Waals surface area (Å²) in [5.74, 6) is -0.937. The molecule has 0 aromatic heterocycles.